The number of fused-ring (bicyclic) bond motifs is 1. The topological polar surface area (TPSA) is 59.9 Å². The van der Waals surface area contributed by atoms with Gasteiger partial charge < -0.3 is 0 Å². The fraction of sp³-hybridized carbons (Fsp3) is 0.0909. The second-order valence-electron chi connectivity index (χ2n) is 3.68. The van der Waals surface area contributed by atoms with Gasteiger partial charge in [-0.2, -0.15) is 0 Å². The van der Waals surface area contributed by atoms with E-state index in [9.17, 15) is 12.8 Å². The molecule has 0 radical (unpaired) electrons. The Kier molecular flexibility index (Phi) is 3.08. The van der Waals surface area contributed by atoms with E-state index in [1.807, 2.05) is 0 Å². The molecule has 8 heteroatoms. The van der Waals surface area contributed by atoms with Crippen LogP contribution in [0.5, 0.6) is 0 Å². The predicted molar refractivity (Wildman–Crippen MR) is 72.8 cm³/mol. The van der Waals surface area contributed by atoms with Gasteiger partial charge in [-0.3, -0.25) is 0 Å². The third kappa shape index (κ3) is 2.15. The van der Waals surface area contributed by atoms with E-state index in [1.165, 1.54) is 11.6 Å². The lowest BCUT2D eigenvalue weighted by Gasteiger charge is -2.03. The van der Waals surface area contributed by atoms with E-state index in [0.29, 0.717) is 10.2 Å². The lowest BCUT2D eigenvalue weighted by atomic mass is 10.3. The molecule has 0 aliphatic carbocycles. The number of para-hydroxylation sites is 1. The Morgan fingerprint density at radius 1 is 1.26 bits per heavy atom. The molecule has 0 amide bonds. The van der Waals surface area contributed by atoms with Crippen LogP contribution in [0.1, 0.15) is 10.5 Å². The number of hydrogen-bond acceptors (Lipinski definition) is 6. The van der Waals surface area contributed by atoms with E-state index in [1.54, 1.807) is 24.3 Å². The number of sulfone groups is 1. The van der Waals surface area contributed by atoms with Crippen molar-refractivity contribution in [3.63, 3.8) is 0 Å². The monoisotopic (exact) mass is 314 g/mol. The predicted octanol–water partition coefficient (Wildman–Crippen LogP) is 3.19. The van der Waals surface area contributed by atoms with Gasteiger partial charge >= 0.3 is 0 Å². The molecule has 1 aromatic carbocycles. The normalized spacial score (nSPS) is 13.7. The van der Waals surface area contributed by atoms with Crippen molar-refractivity contribution < 1.29 is 12.8 Å². The first-order valence-corrected chi connectivity index (χ1v) is 8.46. The number of benzene rings is 1. The Hall–Kier alpha value is -1.38. The Labute approximate surface area is 116 Å². The molecule has 2 heterocycles. The molecule has 0 N–H and O–H groups in total. The molecule has 0 aliphatic rings. The first kappa shape index (κ1) is 12.6. The average molecular weight is 314 g/mol. The van der Waals surface area contributed by atoms with E-state index in [0.717, 1.165) is 22.7 Å². The summed E-state index contributed by atoms with van der Waals surface area (Å²) in [5, 5.41) is 1.47. The van der Waals surface area contributed by atoms with E-state index in [4.69, 9.17) is 0 Å². The molecular weight excluding hydrogens is 307 g/mol. The summed E-state index contributed by atoms with van der Waals surface area (Å²) in [7, 11) is -4.14. The third-order valence-corrected chi connectivity index (χ3v) is 6.52. The van der Waals surface area contributed by atoms with Crippen molar-refractivity contribution in [2.75, 3.05) is 0 Å². The molecule has 0 saturated heterocycles. The molecule has 2 aromatic heterocycles. The highest BCUT2D eigenvalue weighted by molar-refractivity contribution is 7.93. The van der Waals surface area contributed by atoms with Crippen molar-refractivity contribution in [2.24, 2.45) is 0 Å². The average Bonchev–Trinajstić information content (AvgIpc) is 3.06. The fourth-order valence-electron chi connectivity index (χ4n) is 1.54. The summed E-state index contributed by atoms with van der Waals surface area (Å²) in [6, 6.07) is 6.99. The first-order valence-electron chi connectivity index (χ1n) is 5.22. The number of nitrogens with zero attached hydrogens (tertiary/aromatic N) is 2. The highest BCUT2D eigenvalue weighted by atomic mass is 32.2. The van der Waals surface area contributed by atoms with Crippen LogP contribution in [0.2, 0.25) is 0 Å². The van der Waals surface area contributed by atoms with Crippen molar-refractivity contribution in [2.45, 2.75) is 9.84 Å². The summed E-state index contributed by atoms with van der Waals surface area (Å²) in [5.74, 6) is 0. The molecule has 0 spiro atoms. The minimum Gasteiger partial charge on any atom is -0.245 e. The van der Waals surface area contributed by atoms with Gasteiger partial charge in [-0.05, 0) is 12.1 Å². The van der Waals surface area contributed by atoms with Crippen LogP contribution in [0, 0.1) is 0 Å². The molecule has 0 bridgehead atoms. The maximum atomic E-state index is 14.1. The summed E-state index contributed by atoms with van der Waals surface area (Å²) in [4.78, 5) is 7.69. The maximum absolute atomic E-state index is 14.1. The van der Waals surface area contributed by atoms with E-state index in [2.05, 4.69) is 9.97 Å². The molecule has 1 atom stereocenters. The SMILES string of the molecule is O=S(=O)(c1nc2ccccc2s1)[C@@H](F)c1nccs1. The Bertz CT molecular complexity index is 778. The zero-order valence-corrected chi connectivity index (χ0v) is 11.8. The van der Waals surface area contributed by atoms with Crippen LogP contribution in [0.15, 0.2) is 40.2 Å². The maximum Gasteiger partial charge on any atom is 0.258 e. The Balaban J connectivity index is 2.09. The summed E-state index contributed by atoms with van der Waals surface area (Å²) in [6.45, 7) is 0. The minimum absolute atomic E-state index is 0.0701. The fourth-order valence-corrected chi connectivity index (χ4v) is 4.99. The summed E-state index contributed by atoms with van der Waals surface area (Å²) in [5.41, 5.74) is -1.61. The van der Waals surface area contributed by atoms with Crippen molar-refractivity contribution in [3.8, 4) is 0 Å². The molecule has 0 saturated carbocycles. The largest absolute Gasteiger partial charge is 0.258 e. The molecule has 19 heavy (non-hydrogen) atoms. The highest BCUT2D eigenvalue weighted by Gasteiger charge is 2.33. The van der Waals surface area contributed by atoms with Crippen LogP contribution in [-0.4, -0.2) is 18.4 Å². The molecule has 4 nitrogen and oxygen atoms in total. The van der Waals surface area contributed by atoms with E-state index < -0.39 is 15.3 Å². The van der Waals surface area contributed by atoms with E-state index in [-0.39, 0.29) is 9.35 Å². The van der Waals surface area contributed by atoms with E-state index >= 15 is 0 Å². The van der Waals surface area contributed by atoms with Crippen LogP contribution in [0.4, 0.5) is 4.39 Å². The van der Waals surface area contributed by atoms with Gasteiger partial charge in [-0.1, -0.05) is 12.1 Å². The number of alkyl halides is 1. The number of thiazole rings is 2. The zero-order valence-electron chi connectivity index (χ0n) is 9.36. The molecule has 0 unspecified atom stereocenters. The van der Waals surface area contributed by atoms with Crippen LogP contribution in [-0.2, 0) is 9.84 Å². The van der Waals surface area contributed by atoms with Crippen LogP contribution in [0.3, 0.4) is 0 Å². The molecule has 0 aliphatic heterocycles. The van der Waals surface area contributed by atoms with Gasteiger partial charge in [0.2, 0.25) is 14.2 Å². The smallest absolute Gasteiger partial charge is 0.245 e. The summed E-state index contributed by atoms with van der Waals surface area (Å²) < 4.78 is 38.9. The number of aromatic nitrogens is 2. The molecule has 98 valence electrons. The van der Waals surface area contributed by atoms with Crippen molar-refractivity contribution >= 4 is 42.7 Å². The van der Waals surface area contributed by atoms with Crippen LogP contribution >= 0.6 is 22.7 Å². The van der Waals surface area contributed by atoms with Crippen molar-refractivity contribution in [1.82, 2.24) is 9.97 Å². The lowest BCUT2D eigenvalue weighted by Crippen LogP contribution is -2.08. The second-order valence-corrected chi connectivity index (χ2v) is 7.78. The first-order chi connectivity index (χ1) is 9.09. The Morgan fingerprint density at radius 3 is 2.74 bits per heavy atom. The highest BCUT2D eigenvalue weighted by Crippen LogP contribution is 2.35. The number of halogens is 1. The Morgan fingerprint density at radius 2 is 2.05 bits per heavy atom. The van der Waals surface area contributed by atoms with Gasteiger partial charge in [-0.25, -0.2) is 22.8 Å². The number of hydrogen-bond donors (Lipinski definition) is 0. The van der Waals surface area contributed by atoms with Gasteiger partial charge in [0.1, 0.15) is 5.01 Å². The van der Waals surface area contributed by atoms with Gasteiger partial charge in [0.15, 0.2) is 0 Å². The van der Waals surface area contributed by atoms with Crippen LogP contribution < -0.4 is 0 Å². The minimum atomic E-state index is -4.14. The quantitative estimate of drug-likeness (QED) is 0.745. The lowest BCUT2D eigenvalue weighted by molar-refractivity contribution is 0.429. The third-order valence-electron chi connectivity index (χ3n) is 2.44. The van der Waals surface area contributed by atoms with Crippen LogP contribution in [0.25, 0.3) is 10.2 Å². The standard InChI is InChI=1S/C11H7FN2O2S3/c12-9(10-13-5-6-17-10)19(15,16)11-14-7-3-1-2-4-8(7)18-11/h1-6,9H/t9-/m1/s1. The number of rotatable bonds is 3. The van der Waals surface area contributed by atoms with Gasteiger partial charge in [0.25, 0.3) is 5.50 Å². The summed E-state index contributed by atoms with van der Waals surface area (Å²) in [6.07, 6.45) is 1.38. The summed E-state index contributed by atoms with van der Waals surface area (Å²) >= 11 is 1.94. The molecular formula is C11H7FN2O2S3. The van der Waals surface area contributed by atoms with Gasteiger partial charge in [-0.15, -0.1) is 22.7 Å². The van der Waals surface area contributed by atoms with Gasteiger partial charge in [0.05, 0.1) is 10.2 Å². The van der Waals surface area contributed by atoms with Crippen molar-refractivity contribution in [3.05, 3.63) is 40.8 Å². The molecule has 3 aromatic rings. The zero-order chi connectivity index (χ0) is 13.5. The molecule has 3 rings (SSSR count). The second kappa shape index (κ2) is 4.62. The van der Waals surface area contributed by atoms with Crippen molar-refractivity contribution in [1.29, 1.82) is 0 Å². The molecule has 0 fully saturated rings. The van der Waals surface area contributed by atoms with Gasteiger partial charge in [0, 0.05) is 11.6 Å².